The lowest BCUT2D eigenvalue weighted by Crippen LogP contribution is -2.62. The molecular weight excluding hydrogens is 288 g/mol. The van der Waals surface area contributed by atoms with E-state index in [2.05, 4.69) is 20.7 Å². The fourth-order valence-electron chi connectivity index (χ4n) is 2.74. The third kappa shape index (κ3) is 1.82. The van der Waals surface area contributed by atoms with Gasteiger partial charge in [-0.15, -0.1) is 0 Å². The number of H-pyrrole nitrogens is 1. The number of carbonyl (C=O) groups excluding carboxylic acids is 3. The Morgan fingerprint density at radius 2 is 1.95 bits per heavy atom. The Balaban J connectivity index is 1.47. The van der Waals surface area contributed by atoms with E-state index in [-0.39, 0.29) is 30.4 Å². The van der Waals surface area contributed by atoms with E-state index in [1.165, 1.54) is 4.90 Å². The van der Waals surface area contributed by atoms with Crippen molar-refractivity contribution in [2.45, 2.75) is 6.04 Å². The lowest BCUT2D eigenvalue weighted by atomic mass is 10.0. The van der Waals surface area contributed by atoms with Crippen molar-refractivity contribution in [3.05, 3.63) is 23.8 Å². The predicted octanol–water partition coefficient (Wildman–Crippen LogP) is -0.666. The van der Waals surface area contributed by atoms with E-state index in [1.807, 2.05) is 0 Å². The minimum absolute atomic E-state index is 0.0338. The highest BCUT2D eigenvalue weighted by Crippen LogP contribution is 2.21. The van der Waals surface area contributed by atoms with E-state index in [9.17, 15) is 14.4 Å². The first kappa shape index (κ1) is 12.7. The van der Waals surface area contributed by atoms with Crippen LogP contribution < -0.4 is 5.32 Å². The molecule has 2 fully saturated rings. The number of nitrogens with zero attached hydrogens (tertiary/aromatic N) is 4. The van der Waals surface area contributed by atoms with Crippen LogP contribution in [0.15, 0.2) is 18.2 Å². The minimum atomic E-state index is -0.383. The number of imide groups is 1. The van der Waals surface area contributed by atoms with Gasteiger partial charge in [0.15, 0.2) is 0 Å². The van der Waals surface area contributed by atoms with Crippen molar-refractivity contribution in [2.75, 3.05) is 19.6 Å². The van der Waals surface area contributed by atoms with Crippen molar-refractivity contribution in [2.24, 2.45) is 0 Å². The number of fused-ring (bicyclic) bond motifs is 1. The predicted molar refractivity (Wildman–Crippen MR) is 73.8 cm³/mol. The Bertz CT molecular complexity index is 778. The number of rotatable bonds is 2. The topological polar surface area (TPSA) is 111 Å². The second kappa shape index (κ2) is 4.52. The number of hydrogen-bond donors (Lipinski definition) is 2. The quantitative estimate of drug-likeness (QED) is 0.715. The zero-order chi connectivity index (χ0) is 15.3. The summed E-state index contributed by atoms with van der Waals surface area (Å²) in [7, 11) is 0. The molecule has 0 atom stereocenters. The largest absolute Gasteiger partial charge is 0.334 e. The molecule has 22 heavy (non-hydrogen) atoms. The van der Waals surface area contributed by atoms with Gasteiger partial charge in [-0.05, 0) is 18.2 Å². The van der Waals surface area contributed by atoms with Gasteiger partial charge in [-0.1, -0.05) is 0 Å². The number of nitrogens with one attached hydrogen (secondary N) is 2. The summed E-state index contributed by atoms with van der Waals surface area (Å²) in [5, 5.41) is 12.9. The van der Waals surface area contributed by atoms with Gasteiger partial charge >= 0.3 is 6.03 Å². The number of carbonyl (C=O) groups is 3. The van der Waals surface area contributed by atoms with Crippen molar-refractivity contribution >= 4 is 28.9 Å². The molecule has 9 heteroatoms. The average Bonchev–Trinajstić information content (AvgIpc) is 3.05. The van der Waals surface area contributed by atoms with Crippen LogP contribution in [0.25, 0.3) is 11.0 Å². The van der Waals surface area contributed by atoms with Crippen LogP contribution in [0.1, 0.15) is 10.4 Å². The van der Waals surface area contributed by atoms with E-state index >= 15 is 0 Å². The van der Waals surface area contributed by atoms with Crippen molar-refractivity contribution in [3.63, 3.8) is 0 Å². The molecule has 2 aromatic rings. The van der Waals surface area contributed by atoms with E-state index in [4.69, 9.17) is 0 Å². The molecule has 0 bridgehead atoms. The number of aromatic amines is 1. The van der Waals surface area contributed by atoms with Gasteiger partial charge in [0, 0.05) is 18.7 Å². The molecule has 0 aliphatic carbocycles. The first-order valence-corrected chi connectivity index (χ1v) is 6.83. The Labute approximate surface area is 124 Å². The van der Waals surface area contributed by atoms with Crippen LogP contribution in [-0.4, -0.2) is 68.7 Å². The summed E-state index contributed by atoms with van der Waals surface area (Å²) in [4.78, 5) is 38.3. The highest BCUT2D eigenvalue weighted by molar-refractivity contribution is 6.03. The minimum Gasteiger partial charge on any atom is -0.334 e. The average molecular weight is 300 g/mol. The summed E-state index contributed by atoms with van der Waals surface area (Å²) in [6.07, 6.45) is 0. The van der Waals surface area contributed by atoms with Crippen molar-refractivity contribution in [1.29, 1.82) is 0 Å². The van der Waals surface area contributed by atoms with Gasteiger partial charge in [-0.2, -0.15) is 15.4 Å². The smallest absolute Gasteiger partial charge is 0.324 e. The lowest BCUT2D eigenvalue weighted by molar-refractivity contribution is -0.128. The van der Waals surface area contributed by atoms with E-state index in [0.29, 0.717) is 29.7 Å². The van der Waals surface area contributed by atoms with Crippen LogP contribution in [0.3, 0.4) is 0 Å². The maximum Gasteiger partial charge on any atom is 0.324 e. The van der Waals surface area contributed by atoms with Crippen LogP contribution >= 0.6 is 0 Å². The summed E-state index contributed by atoms with van der Waals surface area (Å²) in [5.41, 5.74) is 1.83. The highest BCUT2D eigenvalue weighted by Gasteiger charge is 2.43. The standard InChI is InChI=1S/C13H12N6O3/c20-11-4-14-13(22)19(11)8-5-18(6-8)12(21)7-1-2-9-10(3-7)16-17-15-9/h1-3,8H,4-6H2,(H,14,22)(H,15,16,17). The molecular formula is C13H12N6O3. The van der Waals surface area contributed by atoms with Crippen molar-refractivity contribution in [1.82, 2.24) is 30.5 Å². The first-order valence-electron chi connectivity index (χ1n) is 6.83. The molecule has 4 amide bonds. The molecule has 0 radical (unpaired) electrons. The van der Waals surface area contributed by atoms with Crippen LogP contribution in [0.5, 0.6) is 0 Å². The molecule has 4 rings (SSSR count). The van der Waals surface area contributed by atoms with Gasteiger partial charge in [-0.3, -0.25) is 14.5 Å². The van der Waals surface area contributed by atoms with Crippen LogP contribution in [0.2, 0.25) is 0 Å². The van der Waals surface area contributed by atoms with Crippen molar-refractivity contribution < 1.29 is 14.4 Å². The molecule has 2 N–H and O–H groups in total. The van der Waals surface area contributed by atoms with Crippen LogP contribution in [0.4, 0.5) is 4.79 Å². The Kier molecular flexibility index (Phi) is 2.62. The van der Waals surface area contributed by atoms with Gasteiger partial charge in [0.05, 0.1) is 12.6 Å². The van der Waals surface area contributed by atoms with Gasteiger partial charge in [0.2, 0.25) is 5.91 Å². The number of hydrogen-bond acceptors (Lipinski definition) is 5. The normalized spacial score (nSPS) is 18.7. The van der Waals surface area contributed by atoms with Gasteiger partial charge in [0.1, 0.15) is 11.0 Å². The summed E-state index contributed by atoms with van der Waals surface area (Å²) in [5.74, 6) is -0.390. The number of likely N-dealkylation sites (tertiary alicyclic amines) is 1. The number of aromatic nitrogens is 3. The summed E-state index contributed by atoms with van der Waals surface area (Å²) in [6, 6.07) is 4.46. The lowest BCUT2D eigenvalue weighted by Gasteiger charge is -2.42. The Hall–Kier alpha value is -2.97. The Morgan fingerprint density at radius 3 is 2.68 bits per heavy atom. The van der Waals surface area contributed by atoms with E-state index in [1.54, 1.807) is 23.1 Å². The van der Waals surface area contributed by atoms with Gasteiger partial charge < -0.3 is 10.2 Å². The van der Waals surface area contributed by atoms with Crippen LogP contribution in [0, 0.1) is 0 Å². The molecule has 2 aliphatic rings. The van der Waals surface area contributed by atoms with Crippen molar-refractivity contribution in [3.8, 4) is 0 Å². The van der Waals surface area contributed by atoms with Gasteiger partial charge in [0.25, 0.3) is 5.91 Å². The summed E-state index contributed by atoms with van der Waals surface area (Å²) < 4.78 is 0. The first-order chi connectivity index (χ1) is 10.6. The fraction of sp³-hybridized carbons (Fsp3) is 0.308. The number of urea groups is 1. The van der Waals surface area contributed by atoms with Gasteiger partial charge in [-0.25, -0.2) is 4.79 Å². The molecule has 1 aromatic carbocycles. The highest BCUT2D eigenvalue weighted by atomic mass is 16.2. The molecule has 2 aliphatic heterocycles. The molecule has 112 valence electrons. The Morgan fingerprint density at radius 1 is 1.18 bits per heavy atom. The summed E-state index contributed by atoms with van der Waals surface area (Å²) in [6.45, 7) is 0.746. The number of benzene rings is 1. The maximum absolute atomic E-state index is 12.4. The maximum atomic E-state index is 12.4. The third-order valence-electron chi connectivity index (χ3n) is 3.96. The molecule has 0 unspecified atom stereocenters. The molecule has 0 spiro atoms. The molecule has 1 aromatic heterocycles. The SMILES string of the molecule is O=C(c1ccc2n[nH]nc2c1)N1CC(N2C(=O)CNC2=O)C1. The molecule has 3 heterocycles. The third-order valence-corrected chi connectivity index (χ3v) is 3.96. The monoisotopic (exact) mass is 300 g/mol. The zero-order valence-corrected chi connectivity index (χ0v) is 11.4. The molecule has 2 saturated heterocycles. The fourth-order valence-corrected chi connectivity index (χ4v) is 2.74. The zero-order valence-electron chi connectivity index (χ0n) is 11.4. The van der Waals surface area contributed by atoms with E-state index in [0.717, 1.165) is 0 Å². The number of amides is 4. The van der Waals surface area contributed by atoms with Crippen LogP contribution in [-0.2, 0) is 4.79 Å². The summed E-state index contributed by atoms with van der Waals surface area (Å²) >= 11 is 0. The molecule has 9 nitrogen and oxygen atoms in total. The second-order valence-electron chi connectivity index (χ2n) is 5.31. The van der Waals surface area contributed by atoms with E-state index < -0.39 is 0 Å². The molecule has 0 saturated carbocycles. The second-order valence-corrected chi connectivity index (χ2v) is 5.31.